The van der Waals surface area contributed by atoms with Crippen LogP contribution in [0, 0.1) is 5.92 Å². The van der Waals surface area contributed by atoms with Crippen LogP contribution < -0.4 is 11.0 Å². The second-order valence-electron chi connectivity index (χ2n) is 8.41. The summed E-state index contributed by atoms with van der Waals surface area (Å²) < 4.78 is 5.68. The first-order chi connectivity index (χ1) is 14.7. The second-order valence-corrected chi connectivity index (χ2v) is 8.41. The average Bonchev–Trinajstić information content (AvgIpc) is 3.40. The van der Waals surface area contributed by atoms with E-state index in [1.165, 1.54) is 0 Å². The van der Waals surface area contributed by atoms with Crippen molar-refractivity contribution in [2.24, 2.45) is 10.9 Å². The molecule has 0 spiro atoms. The zero-order valence-corrected chi connectivity index (χ0v) is 18.2. The molecule has 2 aliphatic rings. The van der Waals surface area contributed by atoms with E-state index in [0.29, 0.717) is 25.0 Å². The molecule has 0 saturated carbocycles. The van der Waals surface area contributed by atoms with Crippen molar-refractivity contribution in [1.29, 1.82) is 0 Å². The van der Waals surface area contributed by atoms with E-state index in [-0.39, 0.29) is 5.69 Å². The number of imidazole rings is 1. The third-order valence-corrected chi connectivity index (χ3v) is 6.28. The van der Waals surface area contributed by atoms with E-state index >= 15 is 0 Å². The lowest BCUT2D eigenvalue weighted by molar-refractivity contribution is 0.189. The van der Waals surface area contributed by atoms with Crippen LogP contribution in [0.5, 0.6) is 0 Å². The van der Waals surface area contributed by atoms with Crippen LogP contribution in [0.3, 0.4) is 0 Å². The molecule has 1 fully saturated rings. The number of hydrogen-bond donors (Lipinski definition) is 1. The molecule has 0 bridgehead atoms. The van der Waals surface area contributed by atoms with Crippen molar-refractivity contribution in [2.75, 3.05) is 26.2 Å². The van der Waals surface area contributed by atoms with Gasteiger partial charge in [0, 0.05) is 58.1 Å². The number of aryl methyl sites for hydroxylation is 2. The number of rotatable bonds is 6. The SMILES string of the molecule is CCNC(=NCCCn1nc2n(c1=O)CCCC2)N1CCC(C)C(n2ccnc2)C1. The summed E-state index contributed by atoms with van der Waals surface area (Å²) in [5.41, 5.74) is 0.0359. The van der Waals surface area contributed by atoms with Crippen LogP contribution in [0.2, 0.25) is 0 Å². The molecule has 0 aliphatic carbocycles. The first-order valence-corrected chi connectivity index (χ1v) is 11.3. The van der Waals surface area contributed by atoms with Gasteiger partial charge in [-0.25, -0.2) is 14.5 Å². The summed E-state index contributed by atoms with van der Waals surface area (Å²) in [4.78, 5) is 23.9. The minimum atomic E-state index is 0.0359. The Bertz CT molecular complexity index is 897. The first-order valence-electron chi connectivity index (χ1n) is 11.3. The van der Waals surface area contributed by atoms with Gasteiger partial charge in [0.15, 0.2) is 5.96 Å². The molecular weight excluding hydrogens is 380 g/mol. The van der Waals surface area contributed by atoms with Crippen molar-refractivity contribution in [3.63, 3.8) is 0 Å². The van der Waals surface area contributed by atoms with Crippen LogP contribution in [0.15, 0.2) is 28.5 Å². The van der Waals surface area contributed by atoms with Crippen LogP contribution in [-0.2, 0) is 19.5 Å². The van der Waals surface area contributed by atoms with Crippen LogP contribution in [0.25, 0.3) is 0 Å². The molecule has 2 aliphatic heterocycles. The van der Waals surface area contributed by atoms with Crippen molar-refractivity contribution < 1.29 is 0 Å². The number of guanidine groups is 1. The zero-order valence-electron chi connectivity index (χ0n) is 18.2. The van der Waals surface area contributed by atoms with Crippen LogP contribution in [0.4, 0.5) is 0 Å². The van der Waals surface area contributed by atoms with Gasteiger partial charge < -0.3 is 14.8 Å². The summed E-state index contributed by atoms with van der Waals surface area (Å²) in [5.74, 6) is 2.51. The standard InChI is InChI=1S/C21H34N8O/c1-3-23-20(26-13-8-17(2)18(15-26)27-14-10-22-16-27)24-9-6-12-29-21(30)28-11-5-4-7-19(28)25-29/h10,14,16-18H,3-9,11-13,15H2,1-2H3,(H,23,24). The predicted octanol–water partition coefficient (Wildman–Crippen LogP) is 1.52. The lowest BCUT2D eigenvalue weighted by Gasteiger charge is -2.39. The molecule has 0 amide bonds. The van der Waals surface area contributed by atoms with Crippen molar-refractivity contribution >= 4 is 5.96 Å². The fourth-order valence-electron chi connectivity index (χ4n) is 4.52. The molecule has 0 radical (unpaired) electrons. The molecule has 2 unspecified atom stereocenters. The van der Waals surface area contributed by atoms with E-state index in [1.54, 1.807) is 4.68 Å². The number of nitrogens with one attached hydrogen (secondary N) is 1. The Hall–Kier alpha value is -2.58. The van der Waals surface area contributed by atoms with E-state index in [0.717, 1.165) is 70.1 Å². The summed E-state index contributed by atoms with van der Waals surface area (Å²) in [6.07, 6.45) is 10.9. The van der Waals surface area contributed by atoms with Gasteiger partial charge in [-0.3, -0.25) is 9.56 Å². The third-order valence-electron chi connectivity index (χ3n) is 6.28. The highest BCUT2D eigenvalue weighted by Gasteiger charge is 2.28. The summed E-state index contributed by atoms with van der Waals surface area (Å²) in [7, 11) is 0. The molecule has 4 rings (SSSR count). The minimum absolute atomic E-state index is 0.0359. The summed E-state index contributed by atoms with van der Waals surface area (Å²) in [5, 5.41) is 7.97. The van der Waals surface area contributed by atoms with Crippen LogP contribution in [-0.4, -0.2) is 60.9 Å². The van der Waals surface area contributed by atoms with Gasteiger partial charge in [-0.15, -0.1) is 0 Å². The highest BCUT2D eigenvalue weighted by molar-refractivity contribution is 5.80. The van der Waals surface area contributed by atoms with E-state index in [2.05, 4.69) is 44.9 Å². The normalized spacial score (nSPS) is 22.2. The molecule has 164 valence electrons. The van der Waals surface area contributed by atoms with E-state index < -0.39 is 0 Å². The van der Waals surface area contributed by atoms with Gasteiger partial charge in [-0.2, -0.15) is 5.10 Å². The third kappa shape index (κ3) is 4.44. The lowest BCUT2D eigenvalue weighted by atomic mass is 9.93. The van der Waals surface area contributed by atoms with Crippen LogP contribution >= 0.6 is 0 Å². The maximum atomic E-state index is 12.5. The van der Waals surface area contributed by atoms with Gasteiger partial charge in [-0.1, -0.05) is 6.92 Å². The van der Waals surface area contributed by atoms with E-state index in [9.17, 15) is 4.79 Å². The monoisotopic (exact) mass is 414 g/mol. The average molecular weight is 415 g/mol. The van der Waals surface area contributed by atoms with Gasteiger partial charge >= 0.3 is 5.69 Å². The summed E-state index contributed by atoms with van der Waals surface area (Å²) >= 11 is 0. The van der Waals surface area contributed by atoms with E-state index in [4.69, 9.17) is 4.99 Å². The molecular formula is C21H34N8O. The topological polar surface area (TPSA) is 85.3 Å². The Labute approximate surface area is 177 Å². The minimum Gasteiger partial charge on any atom is -0.357 e. The van der Waals surface area contributed by atoms with Crippen molar-refractivity contribution in [2.45, 2.75) is 65.1 Å². The zero-order chi connectivity index (χ0) is 20.9. The Morgan fingerprint density at radius 3 is 3.00 bits per heavy atom. The molecule has 1 saturated heterocycles. The van der Waals surface area contributed by atoms with Crippen molar-refractivity contribution in [1.82, 2.24) is 34.1 Å². The smallest absolute Gasteiger partial charge is 0.345 e. The predicted molar refractivity (Wildman–Crippen MR) is 117 cm³/mol. The van der Waals surface area contributed by atoms with Gasteiger partial charge in [0.2, 0.25) is 0 Å². The molecule has 9 heteroatoms. The fraction of sp³-hybridized carbons (Fsp3) is 0.714. The van der Waals surface area contributed by atoms with Gasteiger partial charge in [0.05, 0.1) is 12.4 Å². The fourth-order valence-corrected chi connectivity index (χ4v) is 4.52. The second kappa shape index (κ2) is 9.49. The molecule has 2 atom stereocenters. The molecule has 9 nitrogen and oxygen atoms in total. The van der Waals surface area contributed by atoms with Gasteiger partial charge in [0.25, 0.3) is 0 Å². The number of aliphatic imine (C=N–C) groups is 1. The van der Waals surface area contributed by atoms with Crippen molar-refractivity contribution in [3.8, 4) is 0 Å². The number of piperidine rings is 1. The van der Waals surface area contributed by atoms with E-state index in [1.807, 2.05) is 17.1 Å². The Balaban J connectivity index is 1.37. The maximum Gasteiger partial charge on any atom is 0.345 e. The Kier molecular flexibility index (Phi) is 6.54. The molecule has 0 aromatic carbocycles. The molecule has 1 N–H and O–H groups in total. The Morgan fingerprint density at radius 1 is 1.33 bits per heavy atom. The maximum absolute atomic E-state index is 12.5. The number of aromatic nitrogens is 5. The quantitative estimate of drug-likeness (QED) is 0.440. The molecule has 4 heterocycles. The first kappa shape index (κ1) is 20.7. The molecule has 2 aromatic rings. The Morgan fingerprint density at radius 2 is 2.23 bits per heavy atom. The van der Waals surface area contributed by atoms with Gasteiger partial charge in [-0.05, 0) is 38.5 Å². The largest absolute Gasteiger partial charge is 0.357 e. The lowest BCUT2D eigenvalue weighted by Crippen LogP contribution is -2.49. The number of nitrogens with zero attached hydrogens (tertiary/aromatic N) is 7. The highest BCUT2D eigenvalue weighted by Crippen LogP contribution is 2.27. The van der Waals surface area contributed by atoms with Gasteiger partial charge in [0.1, 0.15) is 5.82 Å². The number of fused-ring (bicyclic) bond motifs is 1. The summed E-state index contributed by atoms with van der Waals surface area (Å²) in [6, 6.07) is 0.403. The van der Waals surface area contributed by atoms with Crippen molar-refractivity contribution in [3.05, 3.63) is 35.0 Å². The molecule has 2 aromatic heterocycles. The summed E-state index contributed by atoms with van der Waals surface area (Å²) in [6.45, 7) is 9.30. The van der Waals surface area contributed by atoms with Crippen LogP contribution in [0.1, 0.15) is 51.4 Å². The number of hydrogen-bond acceptors (Lipinski definition) is 4. The number of likely N-dealkylation sites (tertiary alicyclic amines) is 1. The molecule has 30 heavy (non-hydrogen) atoms. The highest BCUT2D eigenvalue weighted by atomic mass is 16.2.